The van der Waals surface area contributed by atoms with Crippen molar-refractivity contribution in [1.82, 2.24) is 5.32 Å². The molecular formula is C69H136N2O7P+. The lowest BCUT2D eigenvalue weighted by Gasteiger charge is -2.27. The summed E-state index contributed by atoms with van der Waals surface area (Å²) in [4.78, 5) is 37.8. The SMILES string of the molecule is CCCCCCCC/C=C/CCCCCCCCCCCCCCCCCC(=O)OC(/C=C/CCCCCCCCCCCCC)C(COP(=O)(O)OCC[N+](C)(C)C)NC(=O)CCCCCCCCCCCCCCCCC. The third-order valence-corrected chi connectivity index (χ3v) is 16.9. The number of quaternary nitrogens is 1. The molecule has 0 aromatic heterocycles. The van der Waals surface area contributed by atoms with Crippen molar-refractivity contribution < 1.29 is 37.3 Å². The van der Waals surface area contributed by atoms with Gasteiger partial charge in [-0.25, -0.2) is 4.57 Å². The van der Waals surface area contributed by atoms with E-state index in [1.165, 1.54) is 263 Å². The van der Waals surface area contributed by atoms with Crippen LogP contribution in [0.4, 0.5) is 0 Å². The Hall–Kier alpha value is -1.51. The zero-order valence-electron chi connectivity index (χ0n) is 53.6. The van der Waals surface area contributed by atoms with E-state index >= 15 is 0 Å². The predicted octanol–water partition coefficient (Wildman–Crippen LogP) is 21.7. The highest BCUT2D eigenvalue weighted by molar-refractivity contribution is 7.47. The number of nitrogens with one attached hydrogen (secondary N) is 1. The molecule has 0 saturated heterocycles. The van der Waals surface area contributed by atoms with Crippen molar-refractivity contribution in [2.75, 3.05) is 40.9 Å². The third kappa shape index (κ3) is 60.9. The van der Waals surface area contributed by atoms with Crippen LogP contribution in [0.15, 0.2) is 24.3 Å². The largest absolute Gasteiger partial charge is 0.472 e. The number of ether oxygens (including phenoxy) is 1. The van der Waals surface area contributed by atoms with Crippen molar-refractivity contribution >= 4 is 19.7 Å². The second-order valence-corrected chi connectivity index (χ2v) is 26.5. The Morgan fingerprint density at radius 1 is 0.430 bits per heavy atom. The molecule has 0 aromatic carbocycles. The number of hydrogen-bond acceptors (Lipinski definition) is 6. The lowest BCUT2D eigenvalue weighted by Crippen LogP contribution is -2.47. The number of nitrogens with zero attached hydrogens (tertiary/aromatic N) is 1. The molecule has 0 spiro atoms. The summed E-state index contributed by atoms with van der Waals surface area (Å²) >= 11 is 0. The number of likely N-dealkylation sites (N-methyl/N-ethyl adjacent to an activating group) is 1. The van der Waals surface area contributed by atoms with E-state index in [9.17, 15) is 19.0 Å². The van der Waals surface area contributed by atoms with Crippen molar-refractivity contribution in [1.29, 1.82) is 0 Å². The zero-order chi connectivity index (χ0) is 57.9. The van der Waals surface area contributed by atoms with Crippen LogP contribution in [-0.2, 0) is 27.9 Å². The first-order chi connectivity index (χ1) is 38.4. The van der Waals surface area contributed by atoms with Crippen LogP contribution in [0.1, 0.15) is 355 Å². The molecule has 0 radical (unpaired) electrons. The van der Waals surface area contributed by atoms with Gasteiger partial charge in [0, 0.05) is 12.8 Å². The molecule has 1 amide bonds. The van der Waals surface area contributed by atoms with Gasteiger partial charge in [-0.15, -0.1) is 0 Å². The predicted molar refractivity (Wildman–Crippen MR) is 342 cm³/mol. The molecule has 0 heterocycles. The minimum Gasteiger partial charge on any atom is -0.456 e. The van der Waals surface area contributed by atoms with Crippen LogP contribution in [0, 0.1) is 0 Å². The monoisotopic (exact) mass is 1140 g/mol. The number of carbonyl (C=O) groups excluding carboxylic acids is 2. The second kappa shape index (κ2) is 59.6. The van der Waals surface area contributed by atoms with Gasteiger partial charge in [-0.1, -0.05) is 309 Å². The Morgan fingerprint density at radius 2 is 0.734 bits per heavy atom. The number of hydrogen-bond donors (Lipinski definition) is 2. The first-order valence-electron chi connectivity index (χ1n) is 34.7. The summed E-state index contributed by atoms with van der Waals surface area (Å²) in [6.07, 6.45) is 71.8. The van der Waals surface area contributed by atoms with Crippen LogP contribution in [0.2, 0.25) is 0 Å². The molecule has 10 heteroatoms. The number of carbonyl (C=O) groups is 2. The molecule has 0 aliphatic heterocycles. The number of phosphoric acid groups is 1. The molecule has 468 valence electrons. The van der Waals surface area contributed by atoms with Crippen molar-refractivity contribution in [2.45, 2.75) is 367 Å². The average Bonchev–Trinajstić information content (AvgIpc) is 3.41. The van der Waals surface area contributed by atoms with Crippen LogP contribution in [0.3, 0.4) is 0 Å². The molecule has 0 aliphatic carbocycles. The summed E-state index contributed by atoms with van der Waals surface area (Å²) < 4.78 is 30.8. The maximum Gasteiger partial charge on any atom is 0.472 e. The highest BCUT2D eigenvalue weighted by Gasteiger charge is 2.30. The van der Waals surface area contributed by atoms with E-state index in [2.05, 4.69) is 44.3 Å². The van der Waals surface area contributed by atoms with E-state index in [1.54, 1.807) is 0 Å². The molecule has 9 nitrogen and oxygen atoms in total. The lowest BCUT2D eigenvalue weighted by molar-refractivity contribution is -0.870. The van der Waals surface area contributed by atoms with Crippen molar-refractivity contribution in [3.63, 3.8) is 0 Å². The maximum absolute atomic E-state index is 13.6. The van der Waals surface area contributed by atoms with Crippen LogP contribution < -0.4 is 5.32 Å². The number of esters is 1. The number of allylic oxidation sites excluding steroid dienone is 3. The van der Waals surface area contributed by atoms with Crippen LogP contribution >= 0.6 is 7.82 Å². The van der Waals surface area contributed by atoms with E-state index in [0.717, 1.165) is 57.8 Å². The lowest BCUT2D eigenvalue weighted by atomic mass is 10.0. The second-order valence-electron chi connectivity index (χ2n) is 25.1. The quantitative estimate of drug-likeness (QED) is 0.0205. The first kappa shape index (κ1) is 77.5. The Morgan fingerprint density at radius 3 is 1.08 bits per heavy atom. The molecule has 79 heavy (non-hydrogen) atoms. The molecule has 2 N–H and O–H groups in total. The minimum atomic E-state index is -4.45. The van der Waals surface area contributed by atoms with Gasteiger partial charge >= 0.3 is 13.8 Å². The summed E-state index contributed by atoms with van der Waals surface area (Å²) in [5, 5.41) is 3.07. The normalized spacial score (nSPS) is 13.7. The fourth-order valence-corrected chi connectivity index (χ4v) is 11.3. The van der Waals surface area contributed by atoms with Gasteiger partial charge in [-0.05, 0) is 57.4 Å². The van der Waals surface area contributed by atoms with E-state index in [4.69, 9.17) is 13.8 Å². The van der Waals surface area contributed by atoms with Crippen molar-refractivity contribution in [3.8, 4) is 0 Å². The van der Waals surface area contributed by atoms with Crippen LogP contribution in [0.5, 0.6) is 0 Å². The highest BCUT2D eigenvalue weighted by Crippen LogP contribution is 2.43. The molecular weight excluding hydrogens is 1000 g/mol. The van der Waals surface area contributed by atoms with Crippen molar-refractivity contribution in [2.24, 2.45) is 0 Å². The van der Waals surface area contributed by atoms with Gasteiger partial charge in [0.2, 0.25) is 5.91 Å². The molecule has 0 rings (SSSR count). The van der Waals surface area contributed by atoms with Crippen LogP contribution in [0.25, 0.3) is 0 Å². The summed E-state index contributed by atoms with van der Waals surface area (Å²) in [6, 6.07) is -0.842. The summed E-state index contributed by atoms with van der Waals surface area (Å²) in [5.41, 5.74) is 0. The smallest absolute Gasteiger partial charge is 0.456 e. The van der Waals surface area contributed by atoms with Gasteiger partial charge in [0.05, 0.1) is 33.8 Å². The summed E-state index contributed by atoms with van der Waals surface area (Å²) in [6.45, 7) is 7.07. The van der Waals surface area contributed by atoms with E-state index < -0.39 is 20.0 Å². The third-order valence-electron chi connectivity index (χ3n) is 15.9. The van der Waals surface area contributed by atoms with E-state index in [-0.39, 0.29) is 25.1 Å². The Bertz CT molecular complexity index is 1400. The molecule has 0 bridgehead atoms. The zero-order valence-corrected chi connectivity index (χ0v) is 54.5. The highest BCUT2D eigenvalue weighted by atomic mass is 31.2. The number of phosphoric ester groups is 1. The maximum atomic E-state index is 13.6. The van der Waals surface area contributed by atoms with E-state index in [0.29, 0.717) is 23.9 Å². The molecule has 3 atom stereocenters. The van der Waals surface area contributed by atoms with Crippen molar-refractivity contribution in [3.05, 3.63) is 24.3 Å². The van der Waals surface area contributed by atoms with Gasteiger partial charge in [0.15, 0.2) is 0 Å². The number of unbranched alkanes of at least 4 members (excludes halogenated alkanes) is 46. The summed E-state index contributed by atoms with van der Waals surface area (Å²) in [5.74, 6) is -0.483. The fraction of sp³-hybridized carbons (Fsp3) is 0.913. The average molecular weight is 1140 g/mol. The number of rotatable bonds is 64. The Kier molecular flexibility index (Phi) is 58.5. The molecule has 0 aromatic rings. The molecule has 0 saturated carbocycles. The minimum absolute atomic E-state index is 0.0447. The first-order valence-corrected chi connectivity index (χ1v) is 36.2. The van der Waals surface area contributed by atoms with Gasteiger partial charge in [-0.2, -0.15) is 0 Å². The standard InChI is InChI=1S/C69H135N2O7P/c1-7-10-13-16-19-22-25-28-30-31-32-33-34-35-36-37-38-39-41-44-47-50-53-56-59-62-69(73)78-67(60-57-54-51-48-45-42-27-24-21-18-15-12-9-3)66(65-77-79(74,75)76-64-63-71(4,5)6)70-68(72)61-58-55-52-49-46-43-40-29-26-23-20-17-14-11-8-2/h28,30,57,60,66-67H,7-27,29,31-56,58-59,61-65H2,1-6H3,(H-,70,72,74,75)/p+1/b30-28+,60-57+. The van der Waals surface area contributed by atoms with Gasteiger partial charge in [0.1, 0.15) is 19.3 Å². The molecule has 0 fully saturated rings. The molecule has 0 aliphatic rings. The Labute approximate surface area is 492 Å². The van der Waals surface area contributed by atoms with Crippen LogP contribution in [-0.4, -0.2) is 74.3 Å². The number of amides is 1. The Balaban J connectivity index is 5.05. The van der Waals surface area contributed by atoms with Gasteiger partial charge < -0.3 is 19.4 Å². The van der Waals surface area contributed by atoms with Gasteiger partial charge in [0.25, 0.3) is 0 Å². The van der Waals surface area contributed by atoms with E-state index in [1.807, 2.05) is 27.2 Å². The van der Waals surface area contributed by atoms with Gasteiger partial charge in [-0.3, -0.25) is 18.6 Å². The fourth-order valence-electron chi connectivity index (χ4n) is 10.5. The summed E-state index contributed by atoms with van der Waals surface area (Å²) in [7, 11) is 1.52. The topological polar surface area (TPSA) is 111 Å². The molecule has 3 unspecified atom stereocenters.